The van der Waals surface area contributed by atoms with Gasteiger partial charge in [-0.25, -0.2) is 4.98 Å². The van der Waals surface area contributed by atoms with Crippen molar-refractivity contribution in [2.75, 3.05) is 0 Å². The summed E-state index contributed by atoms with van der Waals surface area (Å²) in [5.74, 6) is 0.772. The van der Waals surface area contributed by atoms with Gasteiger partial charge in [-0.05, 0) is 15.9 Å². The standard InChI is InChI=1S/C7H9BrINO/c1-7(2,3)6-10-4(8)5(9)11-6/h1-3H3. The van der Waals surface area contributed by atoms with E-state index in [1.807, 2.05) is 0 Å². The molecule has 0 spiro atoms. The van der Waals surface area contributed by atoms with Crippen molar-refractivity contribution in [2.45, 2.75) is 26.2 Å². The molecule has 0 fully saturated rings. The van der Waals surface area contributed by atoms with Crippen molar-refractivity contribution in [3.63, 3.8) is 0 Å². The van der Waals surface area contributed by atoms with Gasteiger partial charge in [0.25, 0.3) is 0 Å². The SMILES string of the molecule is CC(C)(C)c1nc(Br)c(I)o1. The monoisotopic (exact) mass is 329 g/mol. The van der Waals surface area contributed by atoms with Gasteiger partial charge < -0.3 is 4.42 Å². The number of hydrogen-bond donors (Lipinski definition) is 0. The van der Waals surface area contributed by atoms with Crippen LogP contribution in [0, 0.1) is 3.77 Å². The van der Waals surface area contributed by atoms with E-state index < -0.39 is 0 Å². The molecule has 1 aromatic rings. The molecular formula is C7H9BrINO. The van der Waals surface area contributed by atoms with E-state index in [9.17, 15) is 0 Å². The van der Waals surface area contributed by atoms with Crippen LogP contribution in [0.15, 0.2) is 9.02 Å². The van der Waals surface area contributed by atoms with Crippen molar-refractivity contribution in [2.24, 2.45) is 0 Å². The molecule has 0 saturated carbocycles. The maximum atomic E-state index is 5.41. The number of oxazole rings is 1. The molecular weight excluding hydrogens is 321 g/mol. The molecule has 62 valence electrons. The summed E-state index contributed by atoms with van der Waals surface area (Å²) < 4.78 is 7.01. The van der Waals surface area contributed by atoms with Crippen molar-refractivity contribution in [1.82, 2.24) is 4.98 Å². The van der Waals surface area contributed by atoms with Crippen molar-refractivity contribution in [3.8, 4) is 0 Å². The average molecular weight is 330 g/mol. The lowest BCUT2D eigenvalue weighted by Gasteiger charge is -2.11. The Bertz CT molecular complexity index is 244. The number of halogens is 2. The topological polar surface area (TPSA) is 26.0 Å². The summed E-state index contributed by atoms with van der Waals surface area (Å²) in [6.07, 6.45) is 0. The maximum Gasteiger partial charge on any atom is 0.202 e. The van der Waals surface area contributed by atoms with Gasteiger partial charge in [0.05, 0.1) is 0 Å². The largest absolute Gasteiger partial charge is 0.433 e. The van der Waals surface area contributed by atoms with Crippen LogP contribution in [0.4, 0.5) is 0 Å². The van der Waals surface area contributed by atoms with E-state index in [-0.39, 0.29) is 5.41 Å². The van der Waals surface area contributed by atoms with Crippen LogP contribution in [0.5, 0.6) is 0 Å². The summed E-state index contributed by atoms with van der Waals surface area (Å²) in [5, 5.41) is 0. The number of rotatable bonds is 0. The third-order valence-corrected chi connectivity index (χ3v) is 3.20. The van der Waals surface area contributed by atoms with Crippen LogP contribution in [0.25, 0.3) is 0 Å². The fourth-order valence-corrected chi connectivity index (χ4v) is 1.17. The van der Waals surface area contributed by atoms with Crippen LogP contribution in [-0.2, 0) is 5.41 Å². The molecule has 0 aliphatic carbocycles. The first-order valence-corrected chi connectivity index (χ1v) is 5.11. The predicted molar refractivity (Wildman–Crippen MR) is 55.6 cm³/mol. The van der Waals surface area contributed by atoms with Crippen molar-refractivity contribution >= 4 is 38.5 Å². The van der Waals surface area contributed by atoms with Crippen molar-refractivity contribution < 1.29 is 4.42 Å². The lowest BCUT2D eigenvalue weighted by Crippen LogP contribution is -2.11. The highest BCUT2D eigenvalue weighted by Gasteiger charge is 2.21. The third kappa shape index (κ3) is 2.18. The summed E-state index contributed by atoms with van der Waals surface area (Å²) in [7, 11) is 0. The van der Waals surface area contributed by atoms with Crippen molar-refractivity contribution in [1.29, 1.82) is 0 Å². The maximum absolute atomic E-state index is 5.41. The molecule has 11 heavy (non-hydrogen) atoms. The Kier molecular flexibility index (Phi) is 2.63. The minimum Gasteiger partial charge on any atom is -0.433 e. The Morgan fingerprint density at radius 3 is 2.18 bits per heavy atom. The fraction of sp³-hybridized carbons (Fsp3) is 0.571. The molecule has 1 rings (SSSR count). The molecule has 0 radical (unpaired) electrons. The predicted octanol–water partition coefficient (Wildman–Crippen LogP) is 3.34. The van der Waals surface area contributed by atoms with Gasteiger partial charge in [-0.15, -0.1) is 0 Å². The van der Waals surface area contributed by atoms with Crippen LogP contribution in [-0.4, -0.2) is 4.98 Å². The lowest BCUT2D eigenvalue weighted by molar-refractivity contribution is 0.380. The first kappa shape index (κ1) is 9.51. The molecule has 0 aliphatic rings. The quantitative estimate of drug-likeness (QED) is 0.682. The van der Waals surface area contributed by atoms with Crippen LogP contribution in [0.1, 0.15) is 26.7 Å². The zero-order valence-corrected chi connectivity index (χ0v) is 10.4. The zero-order chi connectivity index (χ0) is 8.65. The lowest BCUT2D eigenvalue weighted by atomic mass is 9.97. The highest BCUT2D eigenvalue weighted by molar-refractivity contribution is 14.1. The van der Waals surface area contributed by atoms with Crippen LogP contribution in [0.2, 0.25) is 0 Å². The highest BCUT2D eigenvalue weighted by Crippen LogP contribution is 2.27. The second-order valence-electron chi connectivity index (χ2n) is 3.33. The average Bonchev–Trinajstić information content (AvgIpc) is 2.11. The van der Waals surface area contributed by atoms with Gasteiger partial charge in [-0.3, -0.25) is 0 Å². The molecule has 2 nitrogen and oxygen atoms in total. The van der Waals surface area contributed by atoms with Gasteiger partial charge in [0.1, 0.15) is 0 Å². The van der Waals surface area contributed by atoms with E-state index in [1.165, 1.54) is 0 Å². The molecule has 0 unspecified atom stereocenters. The molecule has 0 saturated heterocycles. The van der Waals surface area contributed by atoms with E-state index in [0.717, 1.165) is 14.3 Å². The van der Waals surface area contributed by atoms with Gasteiger partial charge in [0.2, 0.25) is 5.89 Å². The Morgan fingerprint density at radius 2 is 2.00 bits per heavy atom. The van der Waals surface area contributed by atoms with E-state index >= 15 is 0 Å². The Morgan fingerprint density at radius 1 is 1.45 bits per heavy atom. The van der Waals surface area contributed by atoms with E-state index in [4.69, 9.17) is 4.42 Å². The molecule has 1 heterocycles. The minimum atomic E-state index is -0.00799. The molecule has 0 aromatic carbocycles. The van der Waals surface area contributed by atoms with E-state index in [2.05, 4.69) is 64.3 Å². The molecule has 0 aliphatic heterocycles. The molecule has 0 bridgehead atoms. The Balaban J connectivity index is 3.08. The Hall–Kier alpha value is 0.420. The molecule has 4 heteroatoms. The molecule has 0 N–H and O–H groups in total. The van der Waals surface area contributed by atoms with Gasteiger partial charge in [-0.2, -0.15) is 0 Å². The van der Waals surface area contributed by atoms with Gasteiger partial charge >= 0.3 is 0 Å². The third-order valence-electron chi connectivity index (χ3n) is 1.19. The summed E-state index contributed by atoms with van der Waals surface area (Å²) >= 11 is 5.41. The van der Waals surface area contributed by atoms with Crippen LogP contribution in [0.3, 0.4) is 0 Å². The number of hydrogen-bond acceptors (Lipinski definition) is 2. The second-order valence-corrected chi connectivity index (χ2v) is 5.06. The Labute approximate surface area is 88.0 Å². The highest BCUT2D eigenvalue weighted by atomic mass is 127. The van der Waals surface area contributed by atoms with Gasteiger partial charge in [0, 0.05) is 28.0 Å². The van der Waals surface area contributed by atoms with E-state index in [1.54, 1.807) is 0 Å². The van der Waals surface area contributed by atoms with E-state index in [0.29, 0.717) is 0 Å². The summed E-state index contributed by atoms with van der Waals surface area (Å²) in [4.78, 5) is 4.22. The zero-order valence-electron chi connectivity index (χ0n) is 6.61. The fourth-order valence-electron chi connectivity index (χ4n) is 0.604. The summed E-state index contributed by atoms with van der Waals surface area (Å²) in [5.41, 5.74) is -0.00799. The summed E-state index contributed by atoms with van der Waals surface area (Å²) in [6, 6.07) is 0. The molecule has 1 aromatic heterocycles. The van der Waals surface area contributed by atoms with Gasteiger partial charge in [0.15, 0.2) is 8.37 Å². The van der Waals surface area contributed by atoms with Crippen molar-refractivity contribution in [3.05, 3.63) is 14.3 Å². The van der Waals surface area contributed by atoms with Crippen LogP contribution < -0.4 is 0 Å². The minimum absolute atomic E-state index is 0.00799. The van der Waals surface area contributed by atoms with Crippen LogP contribution >= 0.6 is 38.5 Å². The number of aromatic nitrogens is 1. The smallest absolute Gasteiger partial charge is 0.202 e. The first-order chi connectivity index (χ1) is 4.91. The second kappa shape index (κ2) is 3.05. The molecule has 0 amide bonds. The first-order valence-electron chi connectivity index (χ1n) is 3.23. The normalized spacial score (nSPS) is 12.1. The van der Waals surface area contributed by atoms with Gasteiger partial charge in [-0.1, -0.05) is 20.8 Å². The molecule has 0 atom stereocenters. The summed E-state index contributed by atoms with van der Waals surface area (Å²) in [6.45, 7) is 6.21. The number of nitrogens with zero attached hydrogens (tertiary/aromatic N) is 1.